The lowest BCUT2D eigenvalue weighted by atomic mass is 10.0. The molecular formula is C15H14N2O5S. The number of ether oxygens (including phenoxy) is 2. The molecular weight excluding hydrogens is 320 g/mol. The highest BCUT2D eigenvalue weighted by Crippen LogP contribution is 2.43. The summed E-state index contributed by atoms with van der Waals surface area (Å²) in [5, 5.41) is 0. The second kappa shape index (κ2) is 5.47. The van der Waals surface area contributed by atoms with E-state index < -0.39 is 15.9 Å². The predicted octanol–water partition coefficient (Wildman–Crippen LogP) is 1.55. The summed E-state index contributed by atoms with van der Waals surface area (Å²) in [6.07, 6.45) is 1.03. The Hall–Kier alpha value is -2.74. The van der Waals surface area contributed by atoms with E-state index in [4.69, 9.17) is 15.2 Å². The van der Waals surface area contributed by atoms with Gasteiger partial charge in [-0.3, -0.25) is 9.52 Å². The number of fused-ring (bicyclic) bond motifs is 1. The topological polar surface area (TPSA) is 108 Å². The zero-order valence-corrected chi connectivity index (χ0v) is 13.0. The first-order chi connectivity index (χ1) is 10.8. The van der Waals surface area contributed by atoms with Gasteiger partial charge in [-0.15, -0.1) is 0 Å². The summed E-state index contributed by atoms with van der Waals surface area (Å²) in [6, 6.07) is 9.85. The van der Waals surface area contributed by atoms with Crippen molar-refractivity contribution in [2.45, 2.75) is 0 Å². The summed E-state index contributed by atoms with van der Waals surface area (Å²) in [4.78, 5) is 11.4. The predicted molar refractivity (Wildman–Crippen MR) is 85.0 cm³/mol. The molecule has 7 nitrogen and oxygen atoms in total. The number of carbonyl (C=O) groups excluding carboxylic acids is 1. The van der Waals surface area contributed by atoms with Crippen LogP contribution in [0.3, 0.4) is 0 Å². The van der Waals surface area contributed by atoms with Crippen LogP contribution in [-0.4, -0.2) is 27.4 Å². The molecule has 2 aromatic rings. The molecule has 1 heterocycles. The van der Waals surface area contributed by atoms with E-state index in [0.717, 1.165) is 6.26 Å². The van der Waals surface area contributed by atoms with E-state index in [-0.39, 0.29) is 18.0 Å². The Morgan fingerprint density at radius 2 is 1.96 bits per heavy atom. The summed E-state index contributed by atoms with van der Waals surface area (Å²) < 4.78 is 36.4. The van der Waals surface area contributed by atoms with Crippen molar-refractivity contribution in [2.75, 3.05) is 17.8 Å². The molecule has 2 aromatic carbocycles. The lowest BCUT2D eigenvalue weighted by Gasteiger charge is -2.13. The number of nitrogens with one attached hydrogen (secondary N) is 1. The first kappa shape index (κ1) is 15.2. The van der Waals surface area contributed by atoms with Crippen molar-refractivity contribution < 1.29 is 22.7 Å². The van der Waals surface area contributed by atoms with Crippen molar-refractivity contribution in [2.24, 2.45) is 5.73 Å². The first-order valence-electron chi connectivity index (χ1n) is 6.66. The molecule has 0 aromatic heterocycles. The average molecular weight is 334 g/mol. The molecule has 0 atom stereocenters. The van der Waals surface area contributed by atoms with Crippen LogP contribution in [0.25, 0.3) is 11.1 Å². The van der Waals surface area contributed by atoms with Gasteiger partial charge >= 0.3 is 0 Å². The molecule has 0 spiro atoms. The normalized spacial score (nSPS) is 12.9. The molecule has 0 unspecified atom stereocenters. The van der Waals surface area contributed by atoms with Crippen molar-refractivity contribution in [3.8, 4) is 22.6 Å². The number of hydrogen-bond acceptors (Lipinski definition) is 5. The van der Waals surface area contributed by atoms with Crippen molar-refractivity contribution in [3.05, 3.63) is 42.0 Å². The van der Waals surface area contributed by atoms with Gasteiger partial charge in [-0.05, 0) is 18.2 Å². The van der Waals surface area contributed by atoms with Crippen LogP contribution < -0.4 is 19.9 Å². The van der Waals surface area contributed by atoms with Crippen molar-refractivity contribution in [1.29, 1.82) is 0 Å². The molecule has 0 saturated carbocycles. The number of rotatable bonds is 4. The van der Waals surface area contributed by atoms with Gasteiger partial charge in [-0.1, -0.05) is 18.2 Å². The molecule has 3 N–H and O–H groups in total. The third-order valence-corrected chi connectivity index (χ3v) is 3.88. The molecule has 1 aliphatic heterocycles. The highest BCUT2D eigenvalue weighted by molar-refractivity contribution is 7.92. The monoisotopic (exact) mass is 334 g/mol. The molecule has 0 saturated heterocycles. The van der Waals surface area contributed by atoms with Gasteiger partial charge in [-0.2, -0.15) is 0 Å². The van der Waals surface area contributed by atoms with E-state index in [1.165, 1.54) is 12.1 Å². The smallest absolute Gasteiger partial charge is 0.248 e. The Morgan fingerprint density at radius 3 is 2.65 bits per heavy atom. The zero-order chi connectivity index (χ0) is 16.6. The Labute approximate surface area is 133 Å². The minimum absolute atomic E-state index is 0.0978. The minimum Gasteiger partial charge on any atom is -0.454 e. The maximum absolute atomic E-state index is 11.6. The summed E-state index contributed by atoms with van der Waals surface area (Å²) in [6.45, 7) is 0.0978. The van der Waals surface area contributed by atoms with Crippen molar-refractivity contribution in [3.63, 3.8) is 0 Å². The Morgan fingerprint density at radius 1 is 1.17 bits per heavy atom. The fraction of sp³-hybridized carbons (Fsp3) is 0.133. The Bertz CT molecular complexity index is 893. The van der Waals surface area contributed by atoms with Crippen LogP contribution in [-0.2, 0) is 10.0 Å². The molecule has 0 fully saturated rings. The van der Waals surface area contributed by atoms with Crippen LogP contribution in [0, 0.1) is 0 Å². The number of para-hydroxylation sites is 1. The number of primary amides is 1. The van der Waals surface area contributed by atoms with Crippen LogP contribution in [0.2, 0.25) is 0 Å². The second-order valence-corrected chi connectivity index (χ2v) is 6.79. The zero-order valence-electron chi connectivity index (χ0n) is 12.2. The van der Waals surface area contributed by atoms with E-state index >= 15 is 0 Å². The third kappa shape index (κ3) is 3.07. The molecule has 1 amide bonds. The number of hydrogen-bond donors (Lipinski definition) is 2. The number of amides is 1. The lowest BCUT2D eigenvalue weighted by molar-refractivity contribution is 0.100. The quantitative estimate of drug-likeness (QED) is 0.882. The summed E-state index contributed by atoms with van der Waals surface area (Å²) in [7, 11) is -3.54. The van der Waals surface area contributed by atoms with Crippen LogP contribution in [0.15, 0.2) is 36.4 Å². The number of sulfonamides is 1. The van der Waals surface area contributed by atoms with Gasteiger partial charge in [0, 0.05) is 16.7 Å². The van der Waals surface area contributed by atoms with Gasteiger partial charge in [0.15, 0.2) is 11.5 Å². The van der Waals surface area contributed by atoms with Gasteiger partial charge in [0.05, 0.1) is 11.9 Å². The fourth-order valence-electron chi connectivity index (χ4n) is 2.36. The summed E-state index contributed by atoms with van der Waals surface area (Å²) in [5.74, 6) is 0.452. The molecule has 23 heavy (non-hydrogen) atoms. The number of benzene rings is 2. The van der Waals surface area contributed by atoms with Gasteiger partial charge in [0.1, 0.15) is 0 Å². The minimum atomic E-state index is -3.54. The molecule has 0 bridgehead atoms. The van der Waals surface area contributed by atoms with Crippen molar-refractivity contribution in [1.82, 2.24) is 0 Å². The SMILES string of the molecule is CS(=O)(=O)Nc1cc(C(N)=O)ccc1-c1cccc2c1OCO2. The largest absolute Gasteiger partial charge is 0.454 e. The number of anilines is 1. The van der Waals surface area contributed by atoms with E-state index in [0.29, 0.717) is 22.6 Å². The Balaban J connectivity index is 2.19. The molecule has 1 aliphatic rings. The first-order valence-corrected chi connectivity index (χ1v) is 8.55. The lowest BCUT2D eigenvalue weighted by Crippen LogP contribution is -2.14. The molecule has 0 radical (unpaired) electrons. The summed E-state index contributed by atoms with van der Waals surface area (Å²) >= 11 is 0. The van der Waals surface area contributed by atoms with Gasteiger partial charge < -0.3 is 15.2 Å². The van der Waals surface area contributed by atoms with Crippen LogP contribution in [0.1, 0.15) is 10.4 Å². The highest BCUT2D eigenvalue weighted by atomic mass is 32.2. The third-order valence-electron chi connectivity index (χ3n) is 3.29. The van der Waals surface area contributed by atoms with Gasteiger partial charge in [0.2, 0.25) is 22.7 Å². The Kier molecular flexibility index (Phi) is 3.61. The van der Waals surface area contributed by atoms with E-state index in [1.807, 2.05) is 0 Å². The van der Waals surface area contributed by atoms with Gasteiger partial charge in [-0.25, -0.2) is 8.42 Å². The average Bonchev–Trinajstić information content (AvgIpc) is 2.94. The fourth-order valence-corrected chi connectivity index (χ4v) is 2.93. The standard InChI is InChI=1S/C15H14N2O5S/c1-23(19,20)17-12-7-9(15(16)18)5-6-10(12)11-3-2-4-13-14(11)22-8-21-13/h2-7,17H,8H2,1H3,(H2,16,18). The number of nitrogens with two attached hydrogens (primary N) is 1. The second-order valence-electron chi connectivity index (χ2n) is 5.04. The van der Waals surface area contributed by atoms with E-state index in [1.54, 1.807) is 24.3 Å². The van der Waals surface area contributed by atoms with Crippen molar-refractivity contribution >= 4 is 21.6 Å². The molecule has 120 valence electrons. The number of carbonyl (C=O) groups is 1. The van der Waals surface area contributed by atoms with E-state index in [9.17, 15) is 13.2 Å². The maximum atomic E-state index is 11.6. The molecule has 8 heteroatoms. The van der Waals surface area contributed by atoms with Crippen LogP contribution >= 0.6 is 0 Å². The van der Waals surface area contributed by atoms with Crippen LogP contribution in [0.4, 0.5) is 5.69 Å². The highest BCUT2D eigenvalue weighted by Gasteiger charge is 2.21. The maximum Gasteiger partial charge on any atom is 0.248 e. The summed E-state index contributed by atoms with van der Waals surface area (Å²) in [5.41, 5.74) is 6.92. The van der Waals surface area contributed by atoms with E-state index in [2.05, 4.69) is 4.72 Å². The van der Waals surface area contributed by atoms with Crippen LogP contribution in [0.5, 0.6) is 11.5 Å². The molecule has 0 aliphatic carbocycles. The van der Waals surface area contributed by atoms with Gasteiger partial charge in [0.25, 0.3) is 0 Å². The molecule has 3 rings (SSSR count).